The molecule has 1 N–H and O–H groups in total. The molecule has 21 heavy (non-hydrogen) atoms. The zero-order valence-corrected chi connectivity index (χ0v) is 12.4. The Hall–Kier alpha value is -1.08. The summed E-state index contributed by atoms with van der Waals surface area (Å²) in [6.45, 7) is -0.359. The molecule has 0 saturated heterocycles. The van der Waals surface area contributed by atoms with E-state index in [0.717, 1.165) is 6.42 Å². The topological polar surface area (TPSA) is 60.2 Å². The summed E-state index contributed by atoms with van der Waals surface area (Å²) < 4.78 is 33.9. The van der Waals surface area contributed by atoms with Gasteiger partial charge in [0, 0.05) is 18.9 Å². The fraction of sp³-hybridized carbons (Fsp3) is 0.857. The van der Waals surface area contributed by atoms with Gasteiger partial charge >= 0.3 is 0 Å². The Labute approximate surface area is 123 Å². The number of nitrogens with one attached hydrogen (secondary N) is 1. The Morgan fingerprint density at radius 3 is 2.95 bits per heavy atom. The first-order valence-corrected chi connectivity index (χ1v) is 7.53. The molecular formula is C14H23F2N3O2. The van der Waals surface area contributed by atoms with Crippen molar-refractivity contribution in [3.8, 4) is 0 Å². The summed E-state index contributed by atoms with van der Waals surface area (Å²) in [7, 11) is 1.99. The summed E-state index contributed by atoms with van der Waals surface area (Å²) >= 11 is 0. The molecule has 5 nitrogen and oxygen atoms in total. The molecule has 1 aromatic heterocycles. The molecule has 2 rings (SSSR count). The van der Waals surface area contributed by atoms with E-state index in [1.54, 1.807) is 0 Å². The smallest absolute Gasteiger partial charge is 0.261 e. The number of hydrogen-bond acceptors (Lipinski definition) is 5. The van der Waals surface area contributed by atoms with E-state index < -0.39 is 13.0 Å². The molecule has 1 aliphatic rings. The first-order valence-electron chi connectivity index (χ1n) is 7.53. The Bertz CT molecular complexity index is 415. The average Bonchev–Trinajstić information content (AvgIpc) is 2.91. The zero-order valence-electron chi connectivity index (χ0n) is 12.4. The van der Waals surface area contributed by atoms with Gasteiger partial charge in [0.25, 0.3) is 6.43 Å². The van der Waals surface area contributed by atoms with E-state index in [-0.39, 0.29) is 6.61 Å². The number of rotatable bonds is 8. The Morgan fingerprint density at radius 1 is 1.38 bits per heavy atom. The van der Waals surface area contributed by atoms with Crippen molar-refractivity contribution in [2.24, 2.45) is 5.92 Å². The third kappa shape index (κ3) is 5.32. The van der Waals surface area contributed by atoms with E-state index in [9.17, 15) is 8.78 Å². The number of alkyl halides is 2. The second-order valence-electron chi connectivity index (χ2n) is 5.46. The van der Waals surface area contributed by atoms with Crippen LogP contribution in [0.1, 0.15) is 37.4 Å². The molecule has 7 heteroatoms. The molecule has 120 valence electrons. The minimum absolute atomic E-state index is 0.186. The lowest BCUT2D eigenvalue weighted by Gasteiger charge is -2.30. The predicted octanol–water partition coefficient (Wildman–Crippen LogP) is 2.21. The van der Waals surface area contributed by atoms with Crippen LogP contribution >= 0.6 is 0 Å². The summed E-state index contributed by atoms with van der Waals surface area (Å²) in [5.41, 5.74) is 0. The van der Waals surface area contributed by atoms with Gasteiger partial charge < -0.3 is 14.6 Å². The minimum Gasteiger partial charge on any atom is -0.375 e. The molecular weight excluding hydrogens is 280 g/mol. The normalized spacial score (nSPS) is 22.9. The van der Waals surface area contributed by atoms with Crippen molar-refractivity contribution in [3.05, 3.63) is 11.7 Å². The average molecular weight is 303 g/mol. The van der Waals surface area contributed by atoms with Gasteiger partial charge in [0.05, 0.1) is 6.61 Å². The summed E-state index contributed by atoms with van der Waals surface area (Å²) in [6.07, 6.45) is 3.59. The van der Waals surface area contributed by atoms with Gasteiger partial charge in [0.15, 0.2) is 5.82 Å². The van der Waals surface area contributed by atoms with Gasteiger partial charge in [0.2, 0.25) is 5.89 Å². The van der Waals surface area contributed by atoms with Gasteiger partial charge in [0.1, 0.15) is 6.61 Å². The fourth-order valence-corrected chi connectivity index (χ4v) is 2.87. The lowest BCUT2D eigenvalue weighted by molar-refractivity contribution is 0.0182. The molecule has 2 atom stereocenters. The lowest BCUT2D eigenvalue weighted by Crippen LogP contribution is -2.37. The first kappa shape index (κ1) is 16.3. The van der Waals surface area contributed by atoms with Gasteiger partial charge in [-0.3, -0.25) is 0 Å². The number of halogens is 2. The van der Waals surface area contributed by atoms with Crippen LogP contribution in [0.15, 0.2) is 4.52 Å². The standard InChI is InChI=1S/C14H23F2N3O2/c1-17-11-5-3-2-4-10(11)8-14-18-13(19-21-14)6-7-20-9-12(15)16/h10-12,17H,2-9H2,1H3. The van der Waals surface area contributed by atoms with Crippen LogP contribution in [0.25, 0.3) is 0 Å². The van der Waals surface area contributed by atoms with Crippen LogP contribution in [-0.2, 0) is 17.6 Å². The minimum atomic E-state index is -2.43. The molecule has 0 aromatic carbocycles. The van der Waals surface area contributed by atoms with E-state index >= 15 is 0 Å². The van der Waals surface area contributed by atoms with Crippen molar-refractivity contribution < 1.29 is 18.0 Å². The van der Waals surface area contributed by atoms with E-state index in [0.29, 0.717) is 30.1 Å². The van der Waals surface area contributed by atoms with Crippen molar-refractivity contribution in [1.82, 2.24) is 15.5 Å². The van der Waals surface area contributed by atoms with Crippen LogP contribution in [0.3, 0.4) is 0 Å². The summed E-state index contributed by atoms with van der Waals surface area (Å²) in [5, 5.41) is 7.23. The maximum atomic E-state index is 11.9. The number of hydrogen-bond donors (Lipinski definition) is 1. The predicted molar refractivity (Wildman–Crippen MR) is 73.3 cm³/mol. The molecule has 1 fully saturated rings. The summed E-state index contributed by atoms with van der Waals surface area (Å²) in [5.74, 6) is 1.68. The monoisotopic (exact) mass is 303 g/mol. The molecule has 0 spiro atoms. The third-order valence-corrected chi connectivity index (χ3v) is 3.94. The highest BCUT2D eigenvalue weighted by Crippen LogP contribution is 2.26. The van der Waals surface area contributed by atoms with Crippen LogP contribution in [0.2, 0.25) is 0 Å². The van der Waals surface area contributed by atoms with Crippen molar-refractivity contribution in [3.63, 3.8) is 0 Å². The highest BCUT2D eigenvalue weighted by atomic mass is 19.3. The molecule has 1 aliphatic carbocycles. The van der Waals surface area contributed by atoms with E-state index in [2.05, 4.69) is 15.5 Å². The maximum absolute atomic E-state index is 11.9. The Kier molecular flexibility index (Phi) is 6.50. The van der Waals surface area contributed by atoms with Crippen molar-refractivity contribution in [2.75, 3.05) is 20.3 Å². The number of aromatic nitrogens is 2. The quantitative estimate of drug-likeness (QED) is 0.746. The SMILES string of the molecule is CNC1CCCCC1Cc1nc(CCOCC(F)F)no1. The van der Waals surface area contributed by atoms with Crippen molar-refractivity contribution in [1.29, 1.82) is 0 Å². The van der Waals surface area contributed by atoms with E-state index in [1.807, 2.05) is 7.05 Å². The van der Waals surface area contributed by atoms with Crippen LogP contribution in [0.4, 0.5) is 8.78 Å². The summed E-state index contributed by atoms with van der Waals surface area (Å²) in [6, 6.07) is 0.503. The molecule has 0 radical (unpaired) electrons. The Morgan fingerprint density at radius 2 is 2.19 bits per heavy atom. The van der Waals surface area contributed by atoms with Gasteiger partial charge in [-0.2, -0.15) is 4.98 Å². The van der Waals surface area contributed by atoms with Gasteiger partial charge in [-0.25, -0.2) is 8.78 Å². The van der Waals surface area contributed by atoms with Gasteiger partial charge in [-0.1, -0.05) is 18.0 Å². The van der Waals surface area contributed by atoms with Crippen LogP contribution in [-0.4, -0.2) is 42.9 Å². The largest absolute Gasteiger partial charge is 0.375 e. The van der Waals surface area contributed by atoms with Crippen LogP contribution < -0.4 is 5.32 Å². The van der Waals surface area contributed by atoms with Crippen molar-refractivity contribution >= 4 is 0 Å². The molecule has 0 amide bonds. The fourth-order valence-electron chi connectivity index (χ4n) is 2.87. The lowest BCUT2D eigenvalue weighted by atomic mass is 9.82. The van der Waals surface area contributed by atoms with Gasteiger partial charge in [-0.15, -0.1) is 0 Å². The number of nitrogens with zero attached hydrogens (tertiary/aromatic N) is 2. The summed E-state index contributed by atoms with van der Waals surface area (Å²) in [4.78, 5) is 4.32. The number of ether oxygens (including phenoxy) is 1. The Balaban J connectivity index is 1.76. The molecule has 0 bridgehead atoms. The second kappa shape index (κ2) is 8.38. The second-order valence-corrected chi connectivity index (χ2v) is 5.46. The van der Waals surface area contributed by atoms with E-state index in [4.69, 9.17) is 9.26 Å². The van der Waals surface area contributed by atoms with Crippen LogP contribution in [0, 0.1) is 5.92 Å². The maximum Gasteiger partial charge on any atom is 0.261 e. The van der Waals surface area contributed by atoms with Gasteiger partial charge in [-0.05, 0) is 25.8 Å². The molecule has 1 saturated carbocycles. The molecule has 2 unspecified atom stereocenters. The van der Waals surface area contributed by atoms with Crippen molar-refractivity contribution in [2.45, 2.75) is 51.0 Å². The first-order chi connectivity index (χ1) is 10.2. The molecule has 0 aliphatic heterocycles. The van der Waals surface area contributed by atoms with E-state index in [1.165, 1.54) is 25.7 Å². The molecule has 1 aromatic rings. The van der Waals surface area contributed by atoms with Crippen LogP contribution in [0.5, 0.6) is 0 Å². The highest BCUT2D eigenvalue weighted by Gasteiger charge is 2.25. The zero-order chi connectivity index (χ0) is 15.1. The molecule has 1 heterocycles. The third-order valence-electron chi connectivity index (χ3n) is 3.94. The highest BCUT2D eigenvalue weighted by molar-refractivity contribution is 4.92.